The molecule has 0 saturated carbocycles. The molecule has 0 aliphatic rings. The molecule has 0 amide bonds. The third-order valence-electron chi connectivity index (χ3n) is 1.85. The molecule has 1 aromatic rings. The average Bonchev–Trinajstić information content (AvgIpc) is 2.30. The van der Waals surface area contributed by atoms with E-state index in [0.717, 1.165) is 0 Å². The molecule has 0 aliphatic heterocycles. The average molecular weight is 302 g/mol. The molecule has 0 spiro atoms. The van der Waals surface area contributed by atoms with E-state index in [1.807, 2.05) is 0 Å². The van der Waals surface area contributed by atoms with Gasteiger partial charge < -0.3 is 9.47 Å². The zero-order valence-corrected chi connectivity index (χ0v) is 11.1. The van der Waals surface area contributed by atoms with Crippen molar-refractivity contribution in [2.24, 2.45) is 0 Å². The molecule has 0 fully saturated rings. The number of halogens is 1. The summed E-state index contributed by atoms with van der Waals surface area (Å²) in [6, 6.07) is 1.40. The Hall–Kier alpha value is -1.43. The number of nitrogens with zero attached hydrogens (tertiary/aromatic N) is 1. The summed E-state index contributed by atoms with van der Waals surface area (Å²) in [5.74, 6) is -1.05. The Bertz CT molecular complexity index is 433. The molecule has 1 aromatic heterocycles. The minimum Gasteiger partial charge on any atom is -0.462 e. The number of carbonyl (C=O) groups is 2. The highest BCUT2D eigenvalue weighted by Crippen LogP contribution is 2.17. The van der Waals surface area contributed by atoms with Crippen LogP contribution in [-0.4, -0.2) is 30.1 Å². The van der Waals surface area contributed by atoms with Crippen LogP contribution in [0.15, 0.2) is 16.9 Å². The van der Waals surface area contributed by atoms with E-state index < -0.39 is 11.9 Å². The van der Waals surface area contributed by atoms with Gasteiger partial charge in [0.05, 0.1) is 24.3 Å². The summed E-state index contributed by atoms with van der Waals surface area (Å²) < 4.78 is 10.00. The van der Waals surface area contributed by atoms with Gasteiger partial charge >= 0.3 is 11.9 Å². The molecule has 17 heavy (non-hydrogen) atoms. The molecule has 0 unspecified atom stereocenters. The van der Waals surface area contributed by atoms with Gasteiger partial charge in [-0.25, -0.2) is 14.6 Å². The van der Waals surface area contributed by atoms with E-state index in [1.165, 1.54) is 12.3 Å². The van der Waals surface area contributed by atoms with Gasteiger partial charge in [0, 0.05) is 6.20 Å². The molecule has 1 heterocycles. The molecule has 0 aromatic carbocycles. The second-order valence-electron chi connectivity index (χ2n) is 3.00. The van der Waals surface area contributed by atoms with Gasteiger partial charge in [0.15, 0.2) is 0 Å². The van der Waals surface area contributed by atoms with Crippen LogP contribution in [0.1, 0.15) is 34.6 Å². The molecule has 0 aliphatic carbocycles. The highest BCUT2D eigenvalue weighted by molar-refractivity contribution is 9.10. The highest BCUT2D eigenvalue weighted by atomic mass is 79.9. The molecule has 0 atom stereocenters. The Morgan fingerprint density at radius 2 is 1.82 bits per heavy atom. The first kappa shape index (κ1) is 13.6. The Balaban J connectivity index is 3.02. The fourth-order valence-electron chi connectivity index (χ4n) is 1.13. The SMILES string of the molecule is CCOC(=O)c1cnc(Br)c(C(=O)OCC)c1. The van der Waals surface area contributed by atoms with Crippen molar-refractivity contribution in [2.45, 2.75) is 13.8 Å². The maximum absolute atomic E-state index is 11.6. The normalized spacial score (nSPS) is 9.82. The van der Waals surface area contributed by atoms with Gasteiger partial charge in [-0.3, -0.25) is 0 Å². The maximum atomic E-state index is 11.6. The molecular formula is C11H12BrNO4. The van der Waals surface area contributed by atoms with E-state index in [9.17, 15) is 9.59 Å². The third-order valence-corrected chi connectivity index (χ3v) is 2.48. The summed E-state index contributed by atoms with van der Waals surface area (Å²) in [7, 11) is 0. The molecular weight excluding hydrogens is 290 g/mol. The van der Waals surface area contributed by atoms with Crippen LogP contribution in [0.25, 0.3) is 0 Å². The van der Waals surface area contributed by atoms with Crippen molar-refractivity contribution in [3.8, 4) is 0 Å². The monoisotopic (exact) mass is 301 g/mol. The smallest absolute Gasteiger partial charge is 0.340 e. The second kappa shape index (κ2) is 6.34. The lowest BCUT2D eigenvalue weighted by molar-refractivity contribution is 0.0523. The van der Waals surface area contributed by atoms with E-state index in [2.05, 4.69) is 20.9 Å². The van der Waals surface area contributed by atoms with Crippen molar-refractivity contribution in [1.82, 2.24) is 4.98 Å². The number of hydrogen-bond acceptors (Lipinski definition) is 5. The summed E-state index contributed by atoms with van der Waals surface area (Å²) in [6.45, 7) is 3.93. The van der Waals surface area contributed by atoms with Crippen LogP contribution < -0.4 is 0 Å². The predicted molar refractivity (Wildman–Crippen MR) is 63.9 cm³/mol. The van der Waals surface area contributed by atoms with Crippen LogP contribution in [0.4, 0.5) is 0 Å². The highest BCUT2D eigenvalue weighted by Gasteiger charge is 2.16. The number of aromatic nitrogens is 1. The predicted octanol–water partition coefficient (Wildman–Crippen LogP) is 2.20. The van der Waals surface area contributed by atoms with Gasteiger partial charge in [0.25, 0.3) is 0 Å². The van der Waals surface area contributed by atoms with Crippen molar-refractivity contribution < 1.29 is 19.1 Å². The summed E-state index contributed by atoms with van der Waals surface area (Å²) in [6.07, 6.45) is 1.34. The first-order valence-corrected chi connectivity index (χ1v) is 5.89. The largest absolute Gasteiger partial charge is 0.462 e. The van der Waals surface area contributed by atoms with E-state index in [0.29, 0.717) is 4.60 Å². The number of ether oxygens (including phenoxy) is 2. The van der Waals surface area contributed by atoms with Crippen molar-refractivity contribution in [3.63, 3.8) is 0 Å². The summed E-state index contributed by atoms with van der Waals surface area (Å²) in [4.78, 5) is 26.9. The molecule has 0 bridgehead atoms. The number of esters is 2. The quantitative estimate of drug-likeness (QED) is 0.630. The van der Waals surface area contributed by atoms with E-state index in [1.54, 1.807) is 13.8 Å². The van der Waals surface area contributed by atoms with Crippen molar-refractivity contribution in [3.05, 3.63) is 28.0 Å². The Morgan fingerprint density at radius 3 is 2.41 bits per heavy atom. The van der Waals surface area contributed by atoms with Crippen molar-refractivity contribution >= 4 is 27.9 Å². The minimum atomic E-state index is -0.530. The molecule has 0 N–H and O–H groups in total. The van der Waals surface area contributed by atoms with Gasteiger partial charge in [-0.2, -0.15) is 0 Å². The summed E-state index contributed by atoms with van der Waals surface area (Å²) >= 11 is 3.13. The first-order chi connectivity index (χ1) is 8.10. The Labute approximate surface area is 107 Å². The van der Waals surface area contributed by atoms with Crippen LogP contribution in [-0.2, 0) is 9.47 Å². The van der Waals surface area contributed by atoms with Crippen molar-refractivity contribution in [1.29, 1.82) is 0 Å². The van der Waals surface area contributed by atoms with Crippen molar-refractivity contribution in [2.75, 3.05) is 13.2 Å². The van der Waals surface area contributed by atoms with Crippen LogP contribution in [0, 0.1) is 0 Å². The van der Waals surface area contributed by atoms with Gasteiger partial charge in [0.2, 0.25) is 0 Å². The van der Waals surface area contributed by atoms with Crippen LogP contribution in [0.5, 0.6) is 0 Å². The maximum Gasteiger partial charge on any atom is 0.340 e. The zero-order valence-electron chi connectivity index (χ0n) is 9.53. The van der Waals surface area contributed by atoms with Gasteiger partial charge in [-0.15, -0.1) is 0 Å². The lowest BCUT2D eigenvalue weighted by atomic mass is 10.2. The van der Waals surface area contributed by atoms with E-state index >= 15 is 0 Å². The number of rotatable bonds is 4. The standard InChI is InChI=1S/C11H12BrNO4/c1-3-16-10(14)7-5-8(9(12)13-6-7)11(15)17-4-2/h5-6H,3-4H2,1-2H3. The van der Waals surface area contributed by atoms with Crippen LogP contribution in [0.3, 0.4) is 0 Å². The van der Waals surface area contributed by atoms with E-state index in [4.69, 9.17) is 9.47 Å². The van der Waals surface area contributed by atoms with Gasteiger partial charge in [0.1, 0.15) is 4.60 Å². The summed E-state index contributed by atoms with van der Waals surface area (Å²) in [5, 5.41) is 0. The zero-order chi connectivity index (χ0) is 12.8. The lowest BCUT2D eigenvalue weighted by Crippen LogP contribution is -2.10. The summed E-state index contributed by atoms with van der Waals surface area (Å²) in [5.41, 5.74) is 0.426. The van der Waals surface area contributed by atoms with Gasteiger partial charge in [-0.1, -0.05) is 0 Å². The number of hydrogen-bond donors (Lipinski definition) is 0. The Kier molecular flexibility index (Phi) is 5.09. The molecule has 6 heteroatoms. The first-order valence-electron chi connectivity index (χ1n) is 5.09. The number of pyridine rings is 1. The molecule has 0 saturated heterocycles. The fourth-order valence-corrected chi connectivity index (χ4v) is 1.50. The van der Waals surface area contributed by atoms with Crippen LogP contribution in [0.2, 0.25) is 0 Å². The lowest BCUT2D eigenvalue weighted by Gasteiger charge is -2.06. The minimum absolute atomic E-state index is 0.206. The molecule has 0 radical (unpaired) electrons. The van der Waals surface area contributed by atoms with Crippen LogP contribution >= 0.6 is 15.9 Å². The Morgan fingerprint density at radius 1 is 1.24 bits per heavy atom. The molecule has 1 rings (SSSR count). The number of carbonyl (C=O) groups excluding carboxylic acids is 2. The molecule has 92 valence electrons. The third kappa shape index (κ3) is 3.52. The topological polar surface area (TPSA) is 65.5 Å². The fraction of sp³-hybridized carbons (Fsp3) is 0.364. The molecule has 5 nitrogen and oxygen atoms in total. The second-order valence-corrected chi connectivity index (χ2v) is 3.75. The van der Waals surface area contributed by atoms with Gasteiger partial charge in [-0.05, 0) is 35.8 Å². The van der Waals surface area contributed by atoms with E-state index in [-0.39, 0.29) is 24.3 Å².